The molecular formula is C19H22N8O2. The summed E-state index contributed by atoms with van der Waals surface area (Å²) in [4.78, 5) is 26.4. The number of nitrogens with zero attached hydrogens (tertiary/aromatic N) is 7. The molecule has 29 heavy (non-hydrogen) atoms. The van der Waals surface area contributed by atoms with Crippen molar-refractivity contribution in [3.8, 4) is 0 Å². The number of fused-ring (bicyclic) bond motifs is 2. The van der Waals surface area contributed by atoms with E-state index in [-0.39, 0.29) is 11.7 Å². The zero-order chi connectivity index (χ0) is 20.0. The van der Waals surface area contributed by atoms with E-state index < -0.39 is 0 Å². The zero-order valence-electron chi connectivity index (χ0n) is 16.4. The SMILES string of the molecule is CCn1c(=O)n(C2CCOCC2)c2nc(Nc3cn4ncnc4cc3C)ncc21. The standard InChI is InChI=1S/C19H22N8O2/c1-3-25-15-9-20-18(23-14-10-26-16(8-12(14)2)21-11-22-26)24-17(15)27(19(25)28)13-4-6-29-7-5-13/h8-11,13H,3-7H2,1-2H3,(H,20,23,24). The molecule has 1 aliphatic rings. The second-order valence-electron chi connectivity index (χ2n) is 7.20. The number of nitrogens with one attached hydrogen (secondary N) is 1. The predicted octanol–water partition coefficient (Wildman–Crippen LogP) is 2.06. The number of ether oxygens (including phenoxy) is 1. The molecule has 1 saturated heterocycles. The first-order chi connectivity index (χ1) is 14.2. The van der Waals surface area contributed by atoms with Crippen molar-refractivity contribution in [3.05, 3.63) is 40.8 Å². The fourth-order valence-electron chi connectivity index (χ4n) is 3.90. The molecular weight excluding hydrogens is 372 g/mol. The van der Waals surface area contributed by atoms with Gasteiger partial charge in [-0.2, -0.15) is 10.1 Å². The van der Waals surface area contributed by atoms with Crippen molar-refractivity contribution in [3.63, 3.8) is 0 Å². The summed E-state index contributed by atoms with van der Waals surface area (Å²) in [5.41, 5.74) is 3.97. The highest BCUT2D eigenvalue weighted by Crippen LogP contribution is 2.25. The maximum Gasteiger partial charge on any atom is 0.330 e. The molecule has 0 unspecified atom stereocenters. The molecule has 1 fully saturated rings. The van der Waals surface area contributed by atoms with Gasteiger partial charge in [-0.15, -0.1) is 0 Å². The highest BCUT2D eigenvalue weighted by atomic mass is 16.5. The van der Waals surface area contributed by atoms with E-state index in [1.165, 1.54) is 6.33 Å². The van der Waals surface area contributed by atoms with Crippen LogP contribution >= 0.6 is 0 Å². The van der Waals surface area contributed by atoms with Gasteiger partial charge in [0.15, 0.2) is 11.3 Å². The lowest BCUT2D eigenvalue weighted by molar-refractivity contribution is 0.0694. The topological polar surface area (TPSA) is 104 Å². The Morgan fingerprint density at radius 3 is 2.90 bits per heavy atom. The smallest absolute Gasteiger partial charge is 0.330 e. The van der Waals surface area contributed by atoms with Crippen LogP contribution in [0.5, 0.6) is 0 Å². The van der Waals surface area contributed by atoms with E-state index >= 15 is 0 Å². The van der Waals surface area contributed by atoms with Gasteiger partial charge in [-0.25, -0.2) is 19.3 Å². The van der Waals surface area contributed by atoms with E-state index in [0.29, 0.717) is 31.4 Å². The summed E-state index contributed by atoms with van der Waals surface area (Å²) in [5, 5.41) is 7.44. The van der Waals surface area contributed by atoms with Gasteiger partial charge in [-0.05, 0) is 38.3 Å². The Labute approximate surface area is 166 Å². The Morgan fingerprint density at radius 2 is 2.10 bits per heavy atom. The molecule has 0 saturated carbocycles. The van der Waals surface area contributed by atoms with E-state index in [4.69, 9.17) is 9.72 Å². The number of hydrogen-bond acceptors (Lipinski definition) is 7. The van der Waals surface area contributed by atoms with Crippen LogP contribution in [0.1, 0.15) is 31.4 Å². The number of aromatic nitrogens is 7. The van der Waals surface area contributed by atoms with Crippen molar-refractivity contribution in [2.24, 2.45) is 0 Å². The molecule has 5 heterocycles. The minimum absolute atomic E-state index is 0.0407. The summed E-state index contributed by atoms with van der Waals surface area (Å²) >= 11 is 0. The van der Waals surface area contributed by atoms with Crippen LogP contribution in [0.15, 0.2) is 29.6 Å². The van der Waals surface area contributed by atoms with Crippen LogP contribution in [0.2, 0.25) is 0 Å². The summed E-state index contributed by atoms with van der Waals surface area (Å²) in [7, 11) is 0. The molecule has 150 valence electrons. The fraction of sp³-hybridized carbons (Fsp3) is 0.421. The van der Waals surface area contributed by atoms with Crippen molar-refractivity contribution in [2.75, 3.05) is 18.5 Å². The van der Waals surface area contributed by atoms with Crippen LogP contribution in [0.4, 0.5) is 11.6 Å². The van der Waals surface area contributed by atoms with E-state index in [1.807, 2.05) is 30.7 Å². The lowest BCUT2D eigenvalue weighted by Gasteiger charge is -2.22. The molecule has 4 aromatic rings. The molecule has 0 radical (unpaired) electrons. The maximum atomic E-state index is 13.0. The van der Waals surface area contributed by atoms with Crippen LogP contribution < -0.4 is 11.0 Å². The van der Waals surface area contributed by atoms with Crippen molar-refractivity contribution in [1.29, 1.82) is 0 Å². The minimum atomic E-state index is -0.0407. The van der Waals surface area contributed by atoms with Gasteiger partial charge in [-0.3, -0.25) is 9.13 Å². The van der Waals surface area contributed by atoms with Gasteiger partial charge in [-0.1, -0.05) is 0 Å². The van der Waals surface area contributed by atoms with Crippen LogP contribution in [0.25, 0.3) is 16.8 Å². The fourth-order valence-corrected chi connectivity index (χ4v) is 3.90. The van der Waals surface area contributed by atoms with Gasteiger partial charge in [0.1, 0.15) is 11.8 Å². The van der Waals surface area contributed by atoms with Crippen molar-refractivity contribution in [2.45, 2.75) is 39.3 Å². The molecule has 0 atom stereocenters. The predicted molar refractivity (Wildman–Crippen MR) is 108 cm³/mol. The first kappa shape index (κ1) is 17.8. The van der Waals surface area contributed by atoms with E-state index in [0.717, 1.165) is 35.3 Å². The Kier molecular flexibility index (Phi) is 4.27. The normalized spacial score (nSPS) is 15.4. The van der Waals surface area contributed by atoms with Crippen molar-refractivity contribution < 1.29 is 4.74 Å². The first-order valence-corrected chi connectivity index (χ1v) is 9.78. The Morgan fingerprint density at radius 1 is 1.28 bits per heavy atom. The second kappa shape index (κ2) is 6.96. The monoisotopic (exact) mass is 394 g/mol. The molecule has 1 N–H and O–H groups in total. The molecule has 0 bridgehead atoms. The Balaban J connectivity index is 1.60. The van der Waals surface area contributed by atoms with Gasteiger partial charge in [0.25, 0.3) is 0 Å². The summed E-state index contributed by atoms with van der Waals surface area (Å²) in [5.74, 6) is 0.439. The number of rotatable bonds is 4. The van der Waals surface area contributed by atoms with Crippen molar-refractivity contribution in [1.82, 2.24) is 33.7 Å². The molecule has 0 aliphatic carbocycles. The third-order valence-corrected chi connectivity index (χ3v) is 5.45. The van der Waals surface area contributed by atoms with E-state index in [2.05, 4.69) is 20.4 Å². The molecule has 0 aromatic carbocycles. The summed E-state index contributed by atoms with van der Waals surface area (Å²) < 4.78 is 10.7. The van der Waals surface area contributed by atoms with Gasteiger partial charge in [0.05, 0.1) is 18.1 Å². The summed E-state index contributed by atoms with van der Waals surface area (Å²) in [6.45, 7) is 5.83. The second-order valence-corrected chi connectivity index (χ2v) is 7.20. The molecule has 0 amide bonds. The van der Waals surface area contributed by atoms with Crippen LogP contribution in [-0.4, -0.2) is 46.9 Å². The third kappa shape index (κ3) is 2.96. The average molecular weight is 394 g/mol. The lowest BCUT2D eigenvalue weighted by Crippen LogP contribution is -2.30. The van der Waals surface area contributed by atoms with E-state index in [1.54, 1.807) is 15.3 Å². The quantitative estimate of drug-likeness (QED) is 0.565. The Bertz CT molecular complexity index is 1250. The van der Waals surface area contributed by atoms with Gasteiger partial charge < -0.3 is 10.1 Å². The number of anilines is 2. The van der Waals surface area contributed by atoms with Crippen LogP contribution in [0.3, 0.4) is 0 Å². The van der Waals surface area contributed by atoms with Gasteiger partial charge in [0, 0.05) is 25.8 Å². The summed E-state index contributed by atoms with van der Waals surface area (Å²) in [6.07, 6.45) is 6.69. The number of imidazole rings is 1. The Hall–Kier alpha value is -3.27. The molecule has 10 nitrogen and oxygen atoms in total. The largest absolute Gasteiger partial charge is 0.381 e. The molecule has 1 aliphatic heterocycles. The van der Waals surface area contributed by atoms with Gasteiger partial charge >= 0.3 is 5.69 Å². The summed E-state index contributed by atoms with van der Waals surface area (Å²) in [6, 6.07) is 2.03. The molecule has 5 rings (SSSR count). The lowest BCUT2D eigenvalue weighted by atomic mass is 10.1. The number of aryl methyl sites for hydroxylation is 2. The highest BCUT2D eigenvalue weighted by molar-refractivity contribution is 5.73. The molecule has 10 heteroatoms. The first-order valence-electron chi connectivity index (χ1n) is 9.78. The maximum absolute atomic E-state index is 13.0. The van der Waals surface area contributed by atoms with Gasteiger partial charge in [0.2, 0.25) is 5.95 Å². The molecule has 4 aromatic heterocycles. The van der Waals surface area contributed by atoms with Crippen LogP contribution in [-0.2, 0) is 11.3 Å². The number of pyridine rings is 1. The zero-order valence-corrected chi connectivity index (χ0v) is 16.4. The third-order valence-electron chi connectivity index (χ3n) is 5.45. The molecule has 0 spiro atoms. The van der Waals surface area contributed by atoms with Crippen LogP contribution in [0, 0.1) is 6.92 Å². The average Bonchev–Trinajstić information content (AvgIpc) is 3.29. The van der Waals surface area contributed by atoms with Crippen molar-refractivity contribution >= 4 is 28.4 Å². The number of hydrogen-bond donors (Lipinski definition) is 1. The highest BCUT2D eigenvalue weighted by Gasteiger charge is 2.24. The van der Waals surface area contributed by atoms with E-state index in [9.17, 15) is 4.79 Å². The minimum Gasteiger partial charge on any atom is -0.381 e.